The number of rotatable bonds is 7. The van der Waals surface area contributed by atoms with Crippen molar-refractivity contribution in [1.82, 2.24) is 4.98 Å². The molecule has 104 valence electrons. The molecular weight excluding hydrogens is 237 g/mol. The first-order chi connectivity index (χ1) is 9.15. The Balaban J connectivity index is 2.09. The van der Waals surface area contributed by atoms with Gasteiger partial charge in [-0.3, -0.25) is 9.37 Å². The first-order valence-electron chi connectivity index (χ1n) is 7.31. The van der Waals surface area contributed by atoms with Gasteiger partial charge in [0.25, 0.3) is 0 Å². The average Bonchev–Trinajstić information content (AvgIpc) is 3.16. The molecule has 0 radical (unpaired) electrons. The molecule has 0 N–H and O–H groups in total. The molecule has 3 atom stereocenters. The zero-order valence-corrected chi connectivity index (χ0v) is 12.0. The number of allylic oxidation sites excluding steroid dienone is 1. The van der Waals surface area contributed by atoms with Crippen molar-refractivity contribution in [3.05, 3.63) is 41.7 Å². The standard InChI is InChI=1S/C17H24FN/c1-4-5-13(3)16(9-14-8-15(14)10-18)17-7-6-12(2)11-19-17/h6-7,11,14-16H,3-5,8-10H2,1-2H3. The second-order valence-corrected chi connectivity index (χ2v) is 5.87. The van der Waals surface area contributed by atoms with Gasteiger partial charge < -0.3 is 0 Å². The highest BCUT2D eigenvalue weighted by Crippen LogP contribution is 2.47. The van der Waals surface area contributed by atoms with E-state index in [0.29, 0.717) is 17.8 Å². The van der Waals surface area contributed by atoms with E-state index in [2.05, 4.69) is 30.6 Å². The molecule has 1 nitrogen and oxygen atoms in total. The fourth-order valence-corrected chi connectivity index (χ4v) is 2.77. The third-order valence-electron chi connectivity index (χ3n) is 4.16. The van der Waals surface area contributed by atoms with Crippen LogP contribution in [-0.4, -0.2) is 11.7 Å². The van der Waals surface area contributed by atoms with Gasteiger partial charge in [-0.25, -0.2) is 0 Å². The molecular formula is C17H24FN. The maximum atomic E-state index is 12.6. The lowest BCUT2D eigenvalue weighted by atomic mass is 9.87. The highest BCUT2D eigenvalue weighted by atomic mass is 19.1. The molecule has 1 aliphatic carbocycles. The SMILES string of the molecule is C=C(CCC)C(CC1CC1CF)c1ccc(C)cn1. The number of aryl methyl sites for hydroxylation is 1. The molecule has 3 unspecified atom stereocenters. The Morgan fingerprint density at radius 2 is 2.26 bits per heavy atom. The number of nitrogens with zero attached hydrogens (tertiary/aromatic N) is 1. The van der Waals surface area contributed by atoms with E-state index in [9.17, 15) is 4.39 Å². The second kappa shape index (κ2) is 6.31. The van der Waals surface area contributed by atoms with Crippen molar-refractivity contribution in [3.8, 4) is 0 Å². The zero-order valence-electron chi connectivity index (χ0n) is 12.0. The fourth-order valence-electron chi connectivity index (χ4n) is 2.77. The second-order valence-electron chi connectivity index (χ2n) is 5.87. The van der Waals surface area contributed by atoms with Crippen molar-refractivity contribution in [3.63, 3.8) is 0 Å². The van der Waals surface area contributed by atoms with Gasteiger partial charge in [-0.05, 0) is 49.7 Å². The van der Waals surface area contributed by atoms with E-state index >= 15 is 0 Å². The predicted octanol–water partition coefficient (Wildman–Crippen LogP) is 4.83. The summed E-state index contributed by atoms with van der Waals surface area (Å²) < 4.78 is 12.6. The summed E-state index contributed by atoms with van der Waals surface area (Å²) in [6, 6.07) is 4.21. The first-order valence-corrected chi connectivity index (χ1v) is 7.31. The van der Waals surface area contributed by atoms with Crippen molar-refractivity contribution in [2.75, 3.05) is 6.67 Å². The summed E-state index contributed by atoms with van der Waals surface area (Å²) in [5, 5.41) is 0. The Bertz CT molecular complexity index is 423. The van der Waals surface area contributed by atoms with Crippen LogP contribution in [0.2, 0.25) is 0 Å². The van der Waals surface area contributed by atoms with Crippen LogP contribution in [-0.2, 0) is 0 Å². The van der Waals surface area contributed by atoms with Crippen LogP contribution in [0.3, 0.4) is 0 Å². The van der Waals surface area contributed by atoms with Gasteiger partial charge in [0, 0.05) is 17.8 Å². The minimum Gasteiger partial charge on any atom is -0.260 e. The maximum absolute atomic E-state index is 12.6. The minimum absolute atomic E-state index is 0.168. The Morgan fingerprint density at radius 3 is 2.79 bits per heavy atom. The summed E-state index contributed by atoms with van der Waals surface area (Å²) in [5.74, 6) is 1.14. The van der Waals surface area contributed by atoms with Crippen molar-refractivity contribution >= 4 is 0 Å². The van der Waals surface area contributed by atoms with Gasteiger partial charge in [0.15, 0.2) is 0 Å². The molecule has 1 fully saturated rings. The molecule has 0 aromatic carbocycles. The smallest absolute Gasteiger partial charge is 0.0925 e. The molecule has 0 bridgehead atoms. The molecule has 0 amide bonds. The van der Waals surface area contributed by atoms with E-state index in [0.717, 1.165) is 31.4 Å². The highest BCUT2D eigenvalue weighted by Gasteiger charge is 2.39. The van der Waals surface area contributed by atoms with Crippen molar-refractivity contribution in [1.29, 1.82) is 0 Å². The monoisotopic (exact) mass is 261 g/mol. The Hall–Kier alpha value is -1.18. The molecule has 0 aliphatic heterocycles. The maximum Gasteiger partial charge on any atom is 0.0925 e. The highest BCUT2D eigenvalue weighted by molar-refractivity contribution is 5.24. The third kappa shape index (κ3) is 3.65. The van der Waals surface area contributed by atoms with Crippen molar-refractivity contribution in [2.45, 2.75) is 45.4 Å². The number of hydrogen-bond acceptors (Lipinski definition) is 1. The molecule has 1 heterocycles. The zero-order chi connectivity index (χ0) is 13.8. The molecule has 1 aliphatic rings. The Labute approximate surface area is 116 Å². The van der Waals surface area contributed by atoms with E-state index in [1.54, 1.807) is 0 Å². The predicted molar refractivity (Wildman–Crippen MR) is 78.0 cm³/mol. The molecule has 0 saturated heterocycles. The topological polar surface area (TPSA) is 12.9 Å². The van der Waals surface area contributed by atoms with Crippen molar-refractivity contribution < 1.29 is 4.39 Å². The van der Waals surface area contributed by atoms with Crippen molar-refractivity contribution in [2.24, 2.45) is 11.8 Å². The van der Waals surface area contributed by atoms with Gasteiger partial charge in [-0.2, -0.15) is 0 Å². The van der Waals surface area contributed by atoms with Gasteiger partial charge in [-0.1, -0.05) is 31.6 Å². The Morgan fingerprint density at radius 1 is 1.47 bits per heavy atom. The summed E-state index contributed by atoms with van der Waals surface area (Å²) in [6.45, 7) is 8.30. The normalized spacial score (nSPS) is 23.1. The van der Waals surface area contributed by atoms with Crippen LogP contribution in [0.15, 0.2) is 30.5 Å². The third-order valence-corrected chi connectivity index (χ3v) is 4.16. The van der Waals surface area contributed by atoms with E-state index in [-0.39, 0.29) is 6.67 Å². The number of aromatic nitrogens is 1. The summed E-state index contributed by atoms with van der Waals surface area (Å²) in [7, 11) is 0. The quantitative estimate of drug-likeness (QED) is 0.641. The lowest BCUT2D eigenvalue weighted by molar-refractivity contribution is 0.428. The van der Waals surface area contributed by atoms with Gasteiger partial charge >= 0.3 is 0 Å². The van der Waals surface area contributed by atoms with E-state index in [1.165, 1.54) is 11.1 Å². The summed E-state index contributed by atoms with van der Waals surface area (Å²) >= 11 is 0. The van der Waals surface area contributed by atoms with Gasteiger partial charge in [0.05, 0.1) is 6.67 Å². The van der Waals surface area contributed by atoms with E-state index in [4.69, 9.17) is 0 Å². The van der Waals surface area contributed by atoms with Gasteiger partial charge in [0.1, 0.15) is 0 Å². The van der Waals surface area contributed by atoms with E-state index in [1.807, 2.05) is 13.1 Å². The summed E-state index contributed by atoms with van der Waals surface area (Å²) in [4.78, 5) is 4.56. The molecule has 1 aromatic rings. The van der Waals surface area contributed by atoms with E-state index < -0.39 is 0 Å². The van der Waals surface area contributed by atoms with Crippen LogP contribution in [0, 0.1) is 18.8 Å². The molecule has 2 rings (SSSR count). The fraction of sp³-hybridized carbons (Fsp3) is 0.588. The number of pyridine rings is 1. The molecule has 19 heavy (non-hydrogen) atoms. The minimum atomic E-state index is -0.168. The molecule has 1 aromatic heterocycles. The van der Waals surface area contributed by atoms with Crippen LogP contribution in [0.4, 0.5) is 4.39 Å². The number of hydrogen-bond donors (Lipinski definition) is 0. The van der Waals surface area contributed by atoms with Crippen LogP contribution >= 0.6 is 0 Å². The lowest BCUT2D eigenvalue weighted by Gasteiger charge is -2.19. The van der Waals surface area contributed by atoms with Crippen LogP contribution < -0.4 is 0 Å². The number of halogens is 1. The Kier molecular flexibility index (Phi) is 4.73. The molecule has 1 saturated carbocycles. The largest absolute Gasteiger partial charge is 0.260 e. The summed E-state index contributed by atoms with van der Waals surface area (Å²) in [5.41, 5.74) is 3.54. The van der Waals surface area contributed by atoms with Crippen LogP contribution in [0.5, 0.6) is 0 Å². The van der Waals surface area contributed by atoms with Crippen LogP contribution in [0.1, 0.15) is 49.8 Å². The number of alkyl halides is 1. The average molecular weight is 261 g/mol. The van der Waals surface area contributed by atoms with Gasteiger partial charge in [0.2, 0.25) is 0 Å². The lowest BCUT2D eigenvalue weighted by Crippen LogP contribution is -2.06. The van der Waals surface area contributed by atoms with Gasteiger partial charge in [-0.15, -0.1) is 0 Å². The first kappa shape index (κ1) is 14.2. The summed E-state index contributed by atoms with van der Waals surface area (Å²) in [6.07, 6.45) is 6.12. The molecule has 0 spiro atoms. The molecule has 2 heteroatoms. The van der Waals surface area contributed by atoms with Crippen LogP contribution in [0.25, 0.3) is 0 Å².